The van der Waals surface area contributed by atoms with E-state index in [9.17, 15) is 43.2 Å². The highest BCUT2D eigenvalue weighted by molar-refractivity contribution is 7.47. The van der Waals surface area contributed by atoms with Gasteiger partial charge in [0.1, 0.15) is 19.3 Å². The highest BCUT2D eigenvalue weighted by Gasteiger charge is 2.30. The maximum atomic E-state index is 13.0. The zero-order valence-corrected chi connectivity index (χ0v) is 59.1. The fraction of sp³-hybridized carbons (Fsp3) is 0.942. The molecular formula is C69H134O17P2. The highest BCUT2D eigenvalue weighted by atomic mass is 31.2. The number of carbonyl (C=O) groups is 4. The Bertz CT molecular complexity index is 1750. The van der Waals surface area contributed by atoms with E-state index in [1.807, 2.05) is 0 Å². The summed E-state index contributed by atoms with van der Waals surface area (Å²) in [7, 11) is -9.90. The predicted molar refractivity (Wildman–Crippen MR) is 354 cm³/mol. The van der Waals surface area contributed by atoms with Crippen molar-refractivity contribution in [2.45, 2.75) is 356 Å². The third-order valence-electron chi connectivity index (χ3n) is 16.2. The second kappa shape index (κ2) is 58.8. The number of aliphatic hydroxyl groups excluding tert-OH is 1. The molecule has 0 spiro atoms. The summed E-state index contributed by atoms with van der Waals surface area (Å²) in [6, 6.07) is 0. The first kappa shape index (κ1) is 86.1. The molecule has 0 aliphatic rings. The van der Waals surface area contributed by atoms with Crippen molar-refractivity contribution in [1.29, 1.82) is 0 Å². The molecule has 3 N–H and O–H groups in total. The fourth-order valence-electron chi connectivity index (χ4n) is 10.3. The minimum absolute atomic E-state index is 0.103. The Morgan fingerprint density at radius 1 is 0.318 bits per heavy atom. The van der Waals surface area contributed by atoms with Crippen LogP contribution >= 0.6 is 15.6 Å². The molecule has 0 bridgehead atoms. The van der Waals surface area contributed by atoms with E-state index in [-0.39, 0.29) is 25.7 Å². The van der Waals surface area contributed by atoms with Gasteiger partial charge in [-0.3, -0.25) is 37.3 Å². The number of phosphoric acid groups is 2. The maximum absolute atomic E-state index is 13.0. The normalized spacial score (nSPS) is 14.6. The van der Waals surface area contributed by atoms with Gasteiger partial charge in [0.05, 0.1) is 26.4 Å². The molecule has 88 heavy (non-hydrogen) atoms. The first-order chi connectivity index (χ1) is 42.1. The first-order valence-corrected chi connectivity index (χ1v) is 38.7. The van der Waals surface area contributed by atoms with Crippen molar-refractivity contribution in [1.82, 2.24) is 0 Å². The van der Waals surface area contributed by atoms with Gasteiger partial charge in [-0.25, -0.2) is 9.13 Å². The predicted octanol–water partition coefficient (Wildman–Crippen LogP) is 19.3. The second-order valence-corrected chi connectivity index (χ2v) is 29.5. The number of hydrogen-bond donors (Lipinski definition) is 3. The van der Waals surface area contributed by atoms with Gasteiger partial charge in [-0.2, -0.15) is 0 Å². The summed E-state index contributed by atoms with van der Waals surface area (Å²) in [5.41, 5.74) is 0. The van der Waals surface area contributed by atoms with Crippen LogP contribution in [0.1, 0.15) is 338 Å². The molecule has 0 heterocycles. The van der Waals surface area contributed by atoms with E-state index < -0.39 is 97.5 Å². The molecule has 17 nitrogen and oxygen atoms in total. The van der Waals surface area contributed by atoms with E-state index in [0.29, 0.717) is 31.6 Å². The Kier molecular flexibility index (Phi) is 57.6. The van der Waals surface area contributed by atoms with E-state index in [0.717, 1.165) is 114 Å². The lowest BCUT2D eigenvalue weighted by atomic mass is 9.99. The van der Waals surface area contributed by atoms with Crippen LogP contribution in [0.2, 0.25) is 0 Å². The van der Waals surface area contributed by atoms with Crippen molar-refractivity contribution in [2.24, 2.45) is 23.7 Å². The molecule has 0 aromatic carbocycles. The van der Waals surface area contributed by atoms with E-state index in [1.54, 1.807) is 0 Å². The van der Waals surface area contributed by atoms with Crippen molar-refractivity contribution in [3.63, 3.8) is 0 Å². The summed E-state index contributed by atoms with van der Waals surface area (Å²) < 4.78 is 68.2. The number of unbranched alkanes of at least 4 members (excludes halogenated alkanes) is 31. The Hall–Kier alpha value is -1.94. The van der Waals surface area contributed by atoms with Crippen LogP contribution in [-0.2, 0) is 65.4 Å². The second-order valence-electron chi connectivity index (χ2n) is 26.6. The van der Waals surface area contributed by atoms with Gasteiger partial charge in [0.2, 0.25) is 0 Å². The minimum atomic E-state index is -4.95. The van der Waals surface area contributed by atoms with Crippen molar-refractivity contribution in [3.8, 4) is 0 Å². The molecular weight excluding hydrogens is 1160 g/mol. The van der Waals surface area contributed by atoms with E-state index in [1.165, 1.54) is 135 Å². The Balaban J connectivity index is 5.23. The zero-order valence-electron chi connectivity index (χ0n) is 57.3. The quantitative estimate of drug-likeness (QED) is 0.0222. The van der Waals surface area contributed by atoms with Crippen molar-refractivity contribution in [3.05, 3.63) is 0 Å². The minimum Gasteiger partial charge on any atom is -0.462 e. The summed E-state index contributed by atoms with van der Waals surface area (Å²) in [6.45, 7) is 14.0. The van der Waals surface area contributed by atoms with Crippen LogP contribution in [0.3, 0.4) is 0 Å². The molecule has 0 aliphatic carbocycles. The van der Waals surface area contributed by atoms with E-state index in [2.05, 4.69) is 55.4 Å². The average molecular weight is 1300 g/mol. The number of phosphoric ester groups is 2. The highest BCUT2D eigenvalue weighted by Crippen LogP contribution is 2.45. The van der Waals surface area contributed by atoms with Gasteiger partial charge in [0.15, 0.2) is 12.2 Å². The van der Waals surface area contributed by atoms with Crippen molar-refractivity contribution >= 4 is 39.5 Å². The fourth-order valence-corrected chi connectivity index (χ4v) is 11.9. The van der Waals surface area contributed by atoms with Gasteiger partial charge in [-0.15, -0.1) is 0 Å². The Morgan fingerprint density at radius 3 is 0.807 bits per heavy atom. The lowest BCUT2D eigenvalue weighted by Gasteiger charge is -2.21. The lowest BCUT2D eigenvalue weighted by Crippen LogP contribution is -2.30. The molecule has 0 saturated heterocycles. The smallest absolute Gasteiger partial charge is 0.462 e. The van der Waals surface area contributed by atoms with Gasteiger partial charge in [-0.1, -0.05) is 287 Å². The summed E-state index contributed by atoms with van der Waals surface area (Å²) in [6.07, 6.45) is 40.5. The van der Waals surface area contributed by atoms with Crippen LogP contribution in [-0.4, -0.2) is 96.7 Å². The largest absolute Gasteiger partial charge is 0.472 e. The molecule has 0 radical (unpaired) electrons. The van der Waals surface area contributed by atoms with Gasteiger partial charge < -0.3 is 33.8 Å². The topological polar surface area (TPSA) is 237 Å². The Labute approximate surface area is 537 Å². The molecule has 6 atom stereocenters. The molecule has 0 amide bonds. The van der Waals surface area contributed by atoms with E-state index >= 15 is 0 Å². The molecule has 0 rings (SSSR count). The van der Waals surface area contributed by atoms with Crippen LogP contribution in [0.25, 0.3) is 0 Å². The molecule has 3 unspecified atom stereocenters. The molecule has 0 aromatic rings. The van der Waals surface area contributed by atoms with E-state index in [4.69, 9.17) is 37.0 Å². The average Bonchev–Trinajstić information content (AvgIpc) is 3.48. The Morgan fingerprint density at radius 2 is 0.545 bits per heavy atom. The lowest BCUT2D eigenvalue weighted by molar-refractivity contribution is -0.161. The van der Waals surface area contributed by atoms with Crippen molar-refractivity contribution in [2.75, 3.05) is 39.6 Å². The molecule has 0 fully saturated rings. The number of rotatable bonds is 66. The summed E-state index contributed by atoms with van der Waals surface area (Å²) in [5, 5.41) is 10.6. The number of carbonyl (C=O) groups excluding carboxylic acids is 4. The van der Waals surface area contributed by atoms with Crippen molar-refractivity contribution < 1.29 is 80.2 Å². The summed E-state index contributed by atoms with van der Waals surface area (Å²) in [4.78, 5) is 72.4. The van der Waals surface area contributed by atoms with Crippen LogP contribution in [0.5, 0.6) is 0 Å². The zero-order chi connectivity index (χ0) is 65.4. The van der Waals surface area contributed by atoms with Gasteiger partial charge in [0.25, 0.3) is 0 Å². The van der Waals surface area contributed by atoms with Gasteiger partial charge in [0, 0.05) is 25.7 Å². The molecule has 19 heteroatoms. The number of aliphatic hydroxyl groups is 1. The van der Waals surface area contributed by atoms with Crippen LogP contribution < -0.4 is 0 Å². The maximum Gasteiger partial charge on any atom is 0.472 e. The standard InChI is InChI=1S/C69H134O17P2/c1-9-62(8)48-40-32-23-18-20-26-36-44-52-69(74)85-64(55-79-66(71)49-41-33-24-16-14-12-10-11-13-15-21-29-37-45-59(2)3)57-83-87(75,76)81-53-63(70)54-82-88(77,78)84-58-65(56-80-67(72)50-42-34-28-27-31-39-47-61(6)7)86-68(73)51-43-35-25-19-17-22-30-38-46-60(4)5/h59-65,70H,9-58H2,1-8H3,(H,75,76)(H,77,78)/t62?,63-,64-,65-/m1/s1. The molecule has 522 valence electrons. The number of hydrogen-bond acceptors (Lipinski definition) is 15. The summed E-state index contributed by atoms with van der Waals surface area (Å²) >= 11 is 0. The third-order valence-corrected chi connectivity index (χ3v) is 18.1. The molecule has 0 saturated carbocycles. The van der Waals surface area contributed by atoms with Crippen LogP contribution in [0.4, 0.5) is 0 Å². The van der Waals surface area contributed by atoms with Crippen LogP contribution in [0, 0.1) is 23.7 Å². The van der Waals surface area contributed by atoms with Gasteiger partial charge >= 0.3 is 39.5 Å². The number of esters is 4. The SMILES string of the molecule is CCC(C)CCCCCCCCCCC(=O)O[C@H](COC(=O)CCCCCCCCCCCCCCCC(C)C)COP(=O)(O)OC[C@@H](O)COP(=O)(O)OC[C@@H](COC(=O)CCCCCCCCC(C)C)OC(=O)CCCCCCCCCCC(C)C. The monoisotopic (exact) mass is 1300 g/mol. The molecule has 0 aliphatic heterocycles. The van der Waals surface area contributed by atoms with Crippen LogP contribution in [0.15, 0.2) is 0 Å². The summed E-state index contributed by atoms with van der Waals surface area (Å²) in [5.74, 6) is 0.823. The number of ether oxygens (including phenoxy) is 4. The third kappa shape index (κ3) is 61.6. The molecule has 0 aromatic heterocycles. The first-order valence-electron chi connectivity index (χ1n) is 35.7. The van der Waals surface area contributed by atoms with Gasteiger partial charge in [-0.05, 0) is 49.4 Å².